The molecule has 0 heterocycles. The number of likely N-dealkylation sites (N-methyl/N-ethyl adjacent to an activating group) is 1. The molecule has 0 bridgehead atoms. The van der Waals surface area contributed by atoms with Gasteiger partial charge in [-0.2, -0.15) is 0 Å². The van der Waals surface area contributed by atoms with E-state index in [1.807, 2.05) is 27.2 Å². The lowest BCUT2D eigenvalue weighted by Gasteiger charge is -2.29. The zero-order valence-corrected chi connectivity index (χ0v) is 48.0. The summed E-state index contributed by atoms with van der Waals surface area (Å²) < 4.78 is 23.3. The van der Waals surface area contributed by atoms with Crippen molar-refractivity contribution in [1.82, 2.24) is 5.32 Å². The van der Waals surface area contributed by atoms with Crippen molar-refractivity contribution in [1.29, 1.82) is 0 Å². The maximum Gasteiger partial charge on any atom is 0.268 e. The smallest absolute Gasteiger partial charge is 0.268 e. The minimum Gasteiger partial charge on any atom is -0.756 e. The molecule has 0 aromatic carbocycles. The average Bonchev–Trinajstić information content (AvgIpc) is 3.34. The van der Waals surface area contributed by atoms with Crippen LogP contribution in [0.25, 0.3) is 0 Å². The Morgan fingerprint density at radius 3 is 1.29 bits per heavy atom. The molecule has 72 heavy (non-hydrogen) atoms. The number of phosphoric acid groups is 1. The van der Waals surface area contributed by atoms with Crippen LogP contribution in [0.3, 0.4) is 0 Å². The lowest BCUT2D eigenvalue weighted by atomic mass is 10.0. The van der Waals surface area contributed by atoms with Gasteiger partial charge < -0.3 is 28.8 Å². The number of nitrogens with zero attached hydrogens (tertiary/aromatic N) is 1. The molecule has 0 aliphatic carbocycles. The maximum atomic E-state index is 13.0. The van der Waals surface area contributed by atoms with Gasteiger partial charge in [0.05, 0.1) is 39.9 Å². The zero-order valence-electron chi connectivity index (χ0n) is 47.1. The van der Waals surface area contributed by atoms with Crippen LogP contribution < -0.4 is 10.2 Å². The summed E-state index contributed by atoms with van der Waals surface area (Å²) in [5, 5.41) is 13.8. The summed E-state index contributed by atoms with van der Waals surface area (Å²) in [5.41, 5.74) is 0. The van der Waals surface area contributed by atoms with E-state index >= 15 is 0 Å². The van der Waals surface area contributed by atoms with E-state index in [-0.39, 0.29) is 12.5 Å². The maximum absolute atomic E-state index is 13.0. The van der Waals surface area contributed by atoms with Crippen molar-refractivity contribution < 1.29 is 32.9 Å². The van der Waals surface area contributed by atoms with Crippen LogP contribution in [0.15, 0.2) is 109 Å². The van der Waals surface area contributed by atoms with Gasteiger partial charge >= 0.3 is 0 Å². The van der Waals surface area contributed by atoms with Gasteiger partial charge in [-0.15, -0.1) is 0 Å². The number of aliphatic hydroxyl groups is 1. The van der Waals surface area contributed by atoms with Gasteiger partial charge in [0.25, 0.3) is 7.82 Å². The summed E-state index contributed by atoms with van der Waals surface area (Å²) in [6.07, 6.45) is 77.4. The number of carbonyl (C=O) groups excluding carboxylic acids is 1. The van der Waals surface area contributed by atoms with E-state index in [0.717, 1.165) is 83.5 Å². The van der Waals surface area contributed by atoms with Crippen LogP contribution in [0.2, 0.25) is 0 Å². The number of allylic oxidation sites excluding steroid dienone is 17. The molecule has 0 aliphatic heterocycles. The predicted octanol–water partition coefficient (Wildman–Crippen LogP) is 17.3. The Labute approximate surface area is 444 Å². The monoisotopic (exact) mass is 1020 g/mol. The van der Waals surface area contributed by atoms with E-state index in [2.05, 4.69) is 116 Å². The van der Waals surface area contributed by atoms with Crippen LogP contribution in [0.4, 0.5) is 0 Å². The second-order valence-corrected chi connectivity index (χ2v) is 22.0. The van der Waals surface area contributed by atoms with Crippen molar-refractivity contribution >= 4 is 13.7 Å². The van der Waals surface area contributed by atoms with Crippen LogP contribution in [0, 0.1) is 0 Å². The molecule has 3 atom stereocenters. The molecule has 0 spiro atoms. The van der Waals surface area contributed by atoms with E-state index < -0.39 is 26.6 Å². The normalized spacial score (nSPS) is 14.7. The first-order valence-corrected chi connectivity index (χ1v) is 30.7. The van der Waals surface area contributed by atoms with Gasteiger partial charge in [0.2, 0.25) is 5.91 Å². The third-order valence-corrected chi connectivity index (χ3v) is 13.4. The third kappa shape index (κ3) is 54.9. The van der Waals surface area contributed by atoms with Crippen molar-refractivity contribution in [3.05, 3.63) is 109 Å². The first-order chi connectivity index (χ1) is 35.0. The Balaban J connectivity index is 4.13. The first-order valence-electron chi connectivity index (χ1n) is 29.2. The molecule has 0 aliphatic rings. The largest absolute Gasteiger partial charge is 0.756 e. The summed E-state index contributed by atoms with van der Waals surface area (Å²) >= 11 is 0. The minimum atomic E-state index is -4.61. The van der Waals surface area contributed by atoms with E-state index in [1.165, 1.54) is 128 Å². The number of hydrogen-bond acceptors (Lipinski definition) is 6. The van der Waals surface area contributed by atoms with Gasteiger partial charge in [-0.1, -0.05) is 245 Å². The Morgan fingerprint density at radius 1 is 0.500 bits per heavy atom. The summed E-state index contributed by atoms with van der Waals surface area (Å²) in [6, 6.07) is -0.910. The van der Waals surface area contributed by atoms with Crippen LogP contribution in [-0.2, 0) is 18.4 Å². The Kier molecular flexibility index (Phi) is 50.9. The molecule has 2 N–H and O–H groups in total. The predicted molar refractivity (Wildman–Crippen MR) is 311 cm³/mol. The van der Waals surface area contributed by atoms with Crippen LogP contribution in [0.5, 0.6) is 0 Å². The summed E-state index contributed by atoms with van der Waals surface area (Å²) in [4.78, 5) is 25.5. The van der Waals surface area contributed by atoms with Crippen molar-refractivity contribution in [2.24, 2.45) is 0 Å². The molecule has 0 rings (SSSR count). The van der Waals surface area contributed by atoms with Crippen LogP contribution in [-0.4, -0.2) is 68.5 Å². The topological polar surface area (TPSA) is 108 Å². The molecule has 8 nitrogen and oxygen atoms in total. The molecule has 414 valence electrons. The number of carbonyl (C=O) groups is 1. The van der Waals surface area contributed by atoms with Crippen molar-refractivity contribution in [2.75, 3.05) is 40.9 Å². The molecule has 0 radical (unpaired) electrons. The quantitative estimate of drug-likeness (QED) is 0.0272. The molecular formula is C63H111N2O6P. The highest BCUT2D eigenvalue weighted by atomic mass is 31.2. The molecule has 0 aromatic rings. The molecule has 0 fully saturated rings. The van der Waals surface area contributed by atoms with Crippen LogP contribution in [0.1, 0.15) is 232 Å². The fourth-order valence-corrected chi connectivity index (χ4v) is 8.64. The number of aliphatic hydroxyl groups excluding tert-OH is 1. The molecule has 0 aromatic heterocycles. The second kappa shape index (κ2) is 53.0. The number of nitrogens with one attached hydrogen (secondary N) is 1. The van der Waals surface area contributed by atoms with Gasteiger partial charge in [-0.3, -0.25) is 9.36 Å². The van der Waals surface area contributed by atoms with Gasteiger partial charge in [0, 0.05) is 6.42 Å². The van der Waals surface area contributed by atoms with E-state index in [4.69, 9.17) is 9.05 Å². The fraction of sp³-hybridized carbons (Fsp3) is 0.698. The summed E-state index contributed by atoms with van der Waals surface area (Å²) in [6.45, 7) is 4.50. The van der Waals surface area contributed by atoms with Gasteiger partial charge in [-0.25, -0.2) is 0 Å². The molecule has 3 unspecified atom stereocenters. The average molecular weight is 1020 g/mol. The number of unbranched alkanes of at least 4 members (excludes halogenated alkanes) is 23. The minimum absolute atomic E-state index is 0.0107. The van der Waals surface area contributed by atoms with E-state index in [1.54, 1.807) is 6.08 Å². The molecule has 0 saturated carbocycles. The Morgan fingerprint density at radius 2 is 0.861 bits per heavy atom. The van der Waals surface area contributed by atoms with Crippen molar-refractivity contribution in [3.8, 4) is 0 Å². The molecular weight excluding hydrogens is 912 g/mol. The molecule has 1 amide bonds. The zero-order chi connectivity index (χ0) is 52.7. The third-order valence-electron chi connectivity index (χ3n) is 12.5. The Hall–Kier alpha value is -2.84. The van der Waals surface area contributed by atoms with Crippen molar-refractivity contribution in [2.45, 2.75) is 244 Å². The number of rotatable bonds is 52. The molecule has 0 saturated heterocycles. The number of amides is 1. The standard InChI is InChI=1S/C63H111N2O6P/c1-6-8-10-12-14-16-18-20-22-23-24-25-26-27-28-29-30-31-32-33-34-35-36-37-38-39-40-41-43-45-47-49-51-53-55-57-63(67)64-61(60-71-72(68,69)70-59-58-65(3,4)5)62(66)56-54-52-50-48-46-44-42-21-19-17-15-13-11-9-7-2/h8,10,14,16,20,22,24-25,27-28,30-31,33-34,46,48,54,56,61-62,66H,6-7,9,11-13,15,17-19,21,23,26,29,32,35-45,47,49-53,55,57-60H2,1-5H3,(H-,64,67,68,69)/b10-8-,16-14-,22-20-,25-24-,28-27-,31-30-,34-33-,48-46+,56-54+. The second-order valence-electron chi connectivity index (χ2n) is 20.6. The molecule has 9 heteroatoms. The van der Waals surface area contributed by atoms with E-state index in [9.17, 15) is 19.4 Å². The highest BCUT2D eigenvalue weighted by Crippen LogP contribution is 2.38. The summed E-state index contributed by atoms with van der Waals surface area (Å²) in [7, 11) is 1.23. The number of phosphoric ester groups is 1. The first kappa shape index (κ1) is 69.2. The lowest BCUT2D eigenvalue weighted by Crippen LogP contribution is -2.45. The van der Waals surface area contributed by atoms with Gasteiger partial charge in [0.15, 0.2) is 0 Å². The van der Waals surface area contributed by atoms with Crippen LogP contribution >= 0.6 is 7.82 Å². The highest BCUT2D eigenvalue weighted by Gasteiger charge is 2.23. The number of quaternary nitrogens is 1. The number of hydrogen-bond donors (Lipinski definition) is 2. The SMILES string of the molecule is CC/C=C\C/C=C\C/C=C\C/C=C\C/C=C\C/C=C\C/C=C\CCCCCCCCCCCCCCCC(=O)NC(COP(=O)([O-])OCC[N+](C)(C)C)C(O)/C=C/CC/C=C/CCCCCCCCCCC. The van der Waals surface area contributed by atoms with Gasteiger partial charge in [0.1, 0.15) is 13.2 Å². The fourth-order valence-electron chi connectivity index (χ4n) is 7.91. The van der Waals surface area contributed by atoms with Crippen molar-refractivity contribution in [3.63, 3.8) is 0 Å². The van der Waals surface area contributed by atoms with E-state index in [0.29, 0.717) is 17.4 Å². The summed E-state index contributed by atoms with van der Waals surface area (Å²) in [5.74, 6) is -0.213. The highest BCUT2D eigenvalue weighted by molar-refractivity contribution is 7.45. The Bertz CT molecular complexity index is 1540. The van der Waals surface area contributed by atoms with Gasteiger partial charge in [-0.05, 0) is 89.9 Å². The lowest BCUT2D eigenvalue weighted by molar-refractivity contribution is -0.870.